The van der Waals surface area contributed by atoms with E-state index in [4.69, 9.17) is 6.42 Å². The minimum Gasteiger partial charge on any atom is -0.350 e. The molecule has 1 rings (SSSR count). The van der Waals surface area contributed by atoms with E-state index in [2.05, 4.69) is 27.2 Å². The van der Waals surface area contributed by atoms with Crippen molar-refractivity contribution in [2.24, 2.45) is 5.41 Å². The summed E-state index contributed by atoms with van der Waals surface area (Å²) >= 11 is 0. The van der Waals surface area contributed by atoms with Crippen molar-refractivity contribution >= 4 is 29.5 Å². The second-order valence-corrected chi connectivity index (χ2v) is 8.74. The molecule has 0 bridgehead atoms. The molecule has 1 heterocycles. The van der Waals surface area contributed by atoms with Crippen LogP contribution >= 0.6 is 0 Å². The highest BCUT2D eigenvalue weighted by atomic mass is 16.2. The molecule has 5 amide bonds. The number of hydrogen-bond donors (Lipinski definition) is 4. The molecule has 3 unspecified atom stereocenters. The Morgan fingerprint density at radius 1 is 1.16 bits per heavy atom. The third-order valence-corrected chi connectivity index (χ3v) is 5.23. The third kappa shape index (κ3) is 7.25. The van der Waals surface area contributed by atoms with Crippen LogP contribution in [0.25, 0.3) is 0 Å². The second-order valence-electron chi connectivity index (χ2n) is 8.74. The van der Waals surface area contributed by atoms with Crippen molar-refractivity contribution in [3.63, 3.8) is 0 Å². The van der Waals surface area contributed by atoms with Crippen LogP contribution in [0.4, 0.5) is 4.79 Å². The number of likely N-dealkylation sites (tertiary alicyclic amines) is 1. The molecule has 0 saturated carbocycles. The number of nitrogens with zero attached hydrogens (tertiary/aromatic N) is 1. The Hall–Kier alpha value is -3.09. The average Bonchev–Trinajstić information content (AvgIpc) is 3.23. The zero-order valence-corrected chi connectivity index (χ0v) is 19.5. The van der Waals surface area contributed by atoms with Crippen molar-refractivity contribution in [2.45, 2.75) is 71.5 Å². The summed E-state index contributed by atoms with van der Waals surface area (Å²) in [6, 6.07) is -3.25. The Kier molecular flexibility index (Phi) is 10.2. The molecule has 10 nitrogen and oxygen atoms in total. The molecule has 0 aliphatic carbocycles. The van der Waals surface area contributed by atoms with E-state index in [1.165, 1.54) is 11.9 Å². The summed E-state index contributed by atoms with van der Waals surface area (Å²) in [7, 11) is 1.45. The van der Waals surface area contributed by atoms with Gasteiger partial charge in [-0.3, -0.25) is 19.2 Å². The van der Waals surface area contributed by atoms with E-state index in [-0.39, 0.29) is 25.3 Å². The van der Waals surface area contributed by atoms with Gasteiger partial charge in [0.15, 0.2) is 0 Å². The first-order chi connectivity index (χ1) is 15.0. The number of carbonyl (C=O) groups is 5. The number of carbonyl (C=O) groups excluding carboxylic acids is 5. The minimum atomic E-state index is -1.08. The predicted molar refractivity (Wildman–Crippen MR) is 119 cm³/mol. The minimum absolute atomic E-state index is 0.113. The zero-order chi connectivity index (χ0) is 24.5. The predicted octanol–water partition coefficient (Wildman–Crippen LogP) is -0.0755. The monoisotopic (exact) mass is 449 g/mol. The van der Waals surface area contributed by atoms with Gasteiger partial charge in [-0.1, -0.05) is 20.8 Å². The first-order valence-corrected chi connectivity index (χ1v) is 10.8. The fraction of sp³-hybridized carbons (Fsp3) is 0.682. The number of Topliss-reactive ketones (excluding diaryl/α,β-unsaturated/α-hetero) is 1. The normalized spacial score (nSPS) is 17.5. The number of hydrogen-bond acceptors (Lipinski definition) is 5. The standard InChI is InChI=1S/C22H35N5O5/c1-7-9-11-14(16(28)19(30)24-8-2)25-18(29)15-12-10-13-27(15)20(31)17(22(3,4)5)26-21(32)23-6/h1,14-15,17H,8-13H2,2-6H3,(H,24,30)(H,25,29)(H2,23,26,32). The maximum Gasteiger partial charge on any atom is 0.315 e. The molecular weight excluding hydrogens is 414 g/mol. The van der Waals surface area contributed by atoms with Crippen LogP contribution in [0.5, 0.6) is 0 Å². The Balaban J connectivity index is 3.03. The number of urea groups is 1. The number of nitrogens with one attached hydrogen (secondary N) is 4. The van der Waals surface area contributed by atoms with Crippen LogP contribution in [0.3, 0.4) is 0 Å². The summed E-state index contributed by atoms with van der Waals surface area (Å²) in [5.74, 6) is -0.0746. The maximum atomic E-state index is 13.3. The molecule has 0 aromatic heterocycles. The summed E-state index contributed by atoms with van der Waals surface area (Å²) in [4.78, 5) is 64.1. The van der Waals surface area contributed by atoms with Gasteiger partial charge in [-0.25, -0.2) is 4.79 Å². The van der Waals surface area contributed by atoms with Crippen LogP contribution in [-0.4, -0.2) is 72.7 Å². The first-order valence-electron chi connectivity index (χ1n) is 10.8. The van der Waals surface area contributed by atoms with Crippen LogP contribution in [-0.2, 0) is 19.2 Å². The van der Waals surface area contributed by atoms with Crippen LogP contribution in [0.1, 0.15) is 53.4 Å². The largest absolute Gasteiger partial charge is 0.350 e. The molecule has 3 atom stereocenters. The Morgan fingerprint density at radius 2 is 1.81 bits per heavy atom. The summed E-state index contributed by atoms with van der Waals surface area (Å²) in [6.45, 7) is 7.75. The number of rotatable bonds is 9. The zero-order valence-electron chi connectivity index (χ0n) is 19.5. The van der Waals surface area contributed by atoms with Gasteiger partial charge >= 0.3 is 6.03 Å². The van der Waals surface area contributed by atoms with Crippen LogP contribution in [0.15, 0.2) is 0 Å². The van der Waals surface area contributed by atoms with Crippen molar-refractivity contribution in [2.75, 3.05) is 20.1 Å². The molecule has 1 saturated heterocycles. The molecule has 1 aliphatic heterocycles. The van der Waals surface area contributed by atoms with Crippen molar-refractivity contribution in [1.82, 2.24) is 26.2 Å². The molecule has 0 aromatic carbocycles. The Labute approximate surface area is 189 Å². The van der Waals surface area contributed by atoms with Gasteiger partial charge in [0.2, 0.25) is 17.6 Å². The highest BCUT2D eigenvalue weighted by molar-refractivity contribution is 6.38. The molecule has 32 heavy (non-hydrogen) atoms. The van der Waals surface area contributed by atoms with E-state index in [0.29, 0.717) is 19.4 Å². The molecule has 0 spiro atoms. The van der Waals surface area contributed by atoms with Crippen LogP contribution in [0.2, 0.25) is 0 Å². The highest BCUT2D eigenvalue weighted by Gasteiger charge is 2.42. The summed E-state index contributed by atoms with van der Waals surface area (Å²) < 4.78 is 0. The van der Waals surface area contributed by atoms with Crippen molar-refractivity contribution < 1.29 is 24.0 Å². The molecule has 178 valence electrons. The third-order valence-electron chi connectivity index (χ3n) is 5.23. The molecule has 4 N–H and O–H groups in total. The molecule has 10 heteroatoms. The van der Waals surface area contributed by atoms with Gasteiger partial charge in [-0.05, 0) is 31.6 Å². The van der Waals surface area contributed by atoms with E-state index in [1.54, 1.807) is 6.92 Å². The molecule has 1 aliphatic rings. The molecular formula is C22H35N5O5. The second kappa shape index (κ2) is 12.1. The lowest BCUT2D eigenvalue weighted by Crippen LogP contribution is -2.59. The van der Waals surface area contributed by atoms with Gasteiger partial charge < -0.3 is 26.2 Å². The van der Waals surface area contributed by atoms with Crippen molar-refractivity contribution in [3.05, 3.63) is 0 Å². The van der Waals surface area contributed by atoms with E-state index >= 15 is 0 Å². The number of amides is 5. The summed E-state index contributed by atoms with van der Waals surface area (Å²) in [6.07, 6.45) is 6.60. The number of ketones is 1. The Morgan fingerprint density at radius 3 is 2.34 bits per heavy atom. The van der Waals surface area contributed by atoms with E-state index in [0.717, 1.165) is 0 Å². The topological polar surface area (TPSA) is 137 Å². The number of terminal acetylenes is 1. The van der Waals surface area contributed by atoms with Gasteiger partial charge in [-0.15, -0.1) is 12.3 Å². The molecule has 0 aromatic rings. The lowest BCUT2D eigenvalue weighted by molar-refractivity contribution is -0.143. The first kappa shape index (κ1) is 26.9. The van der Waals surface area contributed by atoms with E-state index in [9.17, 15) is 24.0 Å². The fourth-order valence-electron chi connectivity index (χ4n) is 3.49. The fourth-order valence-corrected chi connectivity index (χ4v) is 3.49. The maximum absolute atomic E-state index is 13.3. The summed E-state index contributed by atoms with van der Waals surface area (Å²) in [5.41, 5.74) is -0.600. The molecule has 1 fully saturated rings. The highest BCUT2D eigenvalue weighted by Crippen LogP contribution is 2.26. The van der Waals surface area contributed by atoms with Gasteiger partial charge in [0.05, 0.1) is 6.04 Å². The van der Waals surface area contributed by atoms with Gasteiger partial charge in [-0.2, -0.15) is 0 Å². The van der Waals surface area contributed by atoms with Crippen LogP contribution in [0, 0.1) is 17.8 Å². The SMILES string of the molecule is C#CCCC(NC(=O)C1CCCN1C(=O)C(NC(=O)NC)C(C)(C)C)C(=O)C(=O)NCC. The smallest absolute Gasteiger partial charge is 0.315 e. The van der Waals surface area contributed by atoms with E-state index in [1.807, 2.05) is 20.8 Å². The van der Waals surface area contributed by atoms with Crippen LogP contribution < -0.4 is 21.3 Å². The summed E-state index contributed by atoms with van der Waals surface area (Å²) in [5, 5.41) is 10.1. The van der Waals surface area contributed by atoms with E-state index < -0.39 is 47.2 Å². The quantitative estimate of drug-likeness (QED) is 0.288. The lowest BCUT2D eigenvalue weighted by Gasteiger charge is -2.35. The lowest BCUT2D eigenvalue weighted by atomic mass is 9.85. The van der Waals surface area contributed by atoms with Gasteiger partial charge in [0.1, 0.15) is 12.1 Å². The molecule has 0 radical (unpaired) electrons. The van der Waals surface area contributed by atoms with Gasteiger partial charge in [0, 0.05) is 26.6 Å². The van der Waals surface area contributed by atoms with Crippen molar-refractivity contribution in [3.8, 4) is 12.3 Å². The average molecular weight is 450 g/mol. The number of likely N-dealkylation sites (N-methyl/N-ethyl adjacent to an activating group) is 1. The van der Waals surface area contributed by atoms with Crippen molar-refractivity contribution in [1.29, 1.82) is 0 Å². The van der Waals surface area contributed by atoms with Gasteiger partial charge in [0.25, 0.3) is 5.91 Å². The Bertz CT molecular complexity index is 768.